The second-order valence-corrected chi connectivity index (χ2v) is 4.24. The Kier molecular flexibility index (Phi) is 4.09. The molecule has 1 unspecified atom stereocenters. The number of nitrogens with two attached hydrogens (primary N) is 1. The van der Waals surface area contributed by atoms with Gasteiger partial charge < -0.3 is 10.6 Å². The molecule has 0 aromatic carbocycles. The van der Waals surface area contributed by atoms with E-state index in [0.717, 1.165) is 19.6 Å². The first-order chi connectivity index (χ1) is 6.11. The zero-order valence-corrected chi connectivity index (χ0v) is 9.31. The first kappa shape index (κ1) is 10.9. The first-order valence-corrected chi connectivity index (χ1v) is 5.24. The minimum absolute atomic E-state index is 0.251. The van der Waals surface area contributed by atoms with Crippen LogP contribution in [0, 0.1) is 0 Å². The minimum Gasteiger partial charge on any atom is -0.392 e. The maximum absolute atomic E-state index is 5.63. The van der Waals surface area contributed by atoms with E-state index in [1.54, 1.807) is 0 Å². The van der Waals surface area contributed by atoms with Crippen molar-refractivity contribution in [2.24, 2.45) is 5.73 Å². The molecule has 0 amide bonds. The molecule has 1 aliphatic rings. The molecular formula is C9H19N3S. The van der Waals surface area contributed by atoms with Crippen LogP contribution in [0.2, 0.25) is 0 Å². The van der Waals surface area contributed by atoms with Gasteiger partial charge in [-0.3, -0.25) is 4.90 Å². The number of nitrogens with zero attached hydrogens (tertiary/aromatic N) is 2. The summed E-state index contributed by atoms with van der Waals surface area (Å²) in [5.41, 5.74) is 5.63. The van der Waals surface area contributed by atoms with Crippen LogP contribution in [0.25, 0.3) is 0 Å². The van der Waals surface area contributed by atoms with Crippen molar-refractivity contribution in [2.45, 2.75) is 19.4 Å². The van der Waals surface area contributed by atoms with Crippen LogP contribution in [-0.4, -0.2) is 54.1 Å². The Hall–Kier alpha value is -0.190. The lowest BCUT2D eigenvalue weighted by Gasteiger charge is -2.26. The van der Waals surface area contributed by atoms with Crippen LogP contribution in [0.1, 0.15) is 13.3 Å². The lowest BCUT2D eigenvalue weighted by Crippen LogP contribution is -2.43. The summed E-state index contributed by atoms with van der Waals surface area (Å²) in [6.45, 7) is 6.58. The summed E-state index contributed by atoms with van der Waals surface area (Å²) in [4.78, 5) is 5.34. The van der Waals surface area contributed by atoms with E-state index in [-0.39, 0.29) is 6.04 Å². The highest BCUT2D eigenvalue weighted by atomic mass is 32.1. The van der Waals surface area contributed by atoms with Gasteiger partial charge in [-0.15, -0.1) is 0 Å². The molecule has 76 valence electrons. The van der Waals surface area contributed by atoms with Gasteiger partial charge in [0.05, 0.1) is 11.0 Å². The Morgan fingerprint density at radius 2 is 2.00 bits per heavy atom. The van der Waals surface area contributed by atoms with Gasteiger partial charge in [0, 0.05) is 19.6 Å². The van der Waals surface area contributed by atoms with Crippen molar-refractivity contribution in [2.75, 3.05) is 33.2 Å². The summed E-state index contributed by atoms with van der Waals surface area (Å²) in [7, 11) is 2.16. The molecule has 0 aromatic heterocycles. The van der Waals surface area contributed by atoms with Crippen LogP contribution < -0.4 is 5.73 Å². The van der Waals surface area contributed by atoms with Gasteiger partial charge in [-0.05, 0) is 26.9 Å². The third-order valence-corrected chi connectivity index (χ3v) is 3.05. The fraction of sp³-hybridized carbons (Fsp3) is 0.889. The molecule has 3 nitrogen and oxygen atoms in total. The fourth-order valence-corrected chi connectivity index (χ4v) is 1.78. The second-order valence-electron chi connectivity index (χ2n) is 3.77. The van der Waals surface area contributed by atoms with E-state index < -0.39 is 0 Å². The molecule has 0 aliphatic carbocycles. The van der Waals surface area contributed by atoms with Crippen LogP contribution >= 0.6 is 12.2 Å². The summed E-state index contributed by atoms with van der Waals surface area (Å²) in [6.07, 6.45) is 1.21. The number of rotatable bonds is 2. The van der Waals surface area contributed by atoms with E-state index in [1.165, 1.54) is 13.0 Å². The van der Waals surface area contributed by atoms with Gasteiger partial charge in [-0.25, -0.2) is 0 Å². The topological polar surface area (TPSA) is 32.5 Å². The van der Waals surface area contributed by atoms with Gasteiger partial charge in [-0.2, -0.15) is 0 Å². The van der Waals surface area contributed by atoms with Gasteiger partial charge in [0.25, 0.3) is 0 Å². The van der Waals surface area contributed by atoms with Crippen LogP contribution in [-0.2, 0) is 0 Å². The molecule has 1 saturated heterocycles. The number of likely N-dealkylation sites (N-methyl/N-ethyl adjacent to an activating group) is 1. The van der Waals surface area contributed by atoms with Crippen molar-refractivity contribution in [3.8, 4) is 0 Å². The third kappa shape index (κ3) is 3.21. The molecule has 0 saturated carbocycles. The van der Waals surface area contributed by atoms with Crippen molar-refractivity contribution in [3.63, 3.8) is 0 Å². The molecule has 2 N–H and O–H groups in total. The molecule has 13 heavy (non-hydrogen) atoms. The Labute approximate surface area is 85.9 Å². The molecule has 1 aliphatic heterocycles. The van der Waals surface area contributed by atoms with Crippen molar-refractivity contribution >= 4 is 17.2 Å². The van der Waals surface area contributed by atoms with Gasteiger partial charge >= 0.3 is 0 Å². The highest BCUT2D eigenvalue weighted by Crippen LogP contribution is 2.05. The van der Waals surface area contributed by atoms with Gasteiger partial charge in [0.15, 0.2) is 0 Å². The fourth-order valence-electron chi connectivity index (χ4n) is 1.63. The standard InChI is InChI=1S/C9H19N3S/c1-8(9(10)13)12-5-3-4-11(2)6-7-12/h8H,3-7H2,1-2H3,(H2,10,13). The summed E-state index contributed by atoms with van der Waals surface area (Å²) in [5.74, 6) is 0. The Morgan fingerprint density at radius 1 is 1.31 bits per heavy atom. The van der Waals surface area contributed by atoms with Crippen LogP contribution in [0.3, 0.4) is 0 Å². The highest BCUT2D eigenvalue weighted by molar-refractivity contribution is 7.80. The molecule has 0 bridgehead atoms. The second kappa shape index (κ2) is 4.88. The largest absolute Gasteiger partial charge is 0.392 e. The normalized spacial score (nSPS) is 23.8. The minimum atomic E-state index is 0.251. The zero-order valence-electron chi connectivity index (χ0n) is 8.49. The van der Waals surface area contributed by atoms with Crippen molar-refractivity contribution in [3.05, 3.63) is 0 Å². The Balaban J connectivity index is 2.46. The number of hydrogen-bond acceptors (Lipinski definition) is 3. The molecule has 1 rings (SSSR count). The Morgan fingerprint density at radius 3 is 2.62 bits per heavy atom. The van der Waals surface area contributed by atoms with Crippen molar-refractivity contribution < 1.29 is 0 Å². The molecular weight excluding hydrogens is 182 g/mol. The van der Waals surface area contributed by atoms with E-state index in [4.69, 9.17) is 18.0 Å². The predicted octanol–water partition coefficient (Wildman–Crippen LogP) is 0.298. The quantitative estimate of drug-likeness (QED) is 0.651. The maximum Gasteiger partial charge on any atom is 0.0899 e. The molecule has 1 atom stereocenters. The number of thiocarbonyl (C=S) groups is 1. The van der Waals surface area contributed by atoms with E-state index in [1.807, 2.05) is 0 Å². The molecule has 4 heteroatoms. The molecule has 0 aromatic rings. The molecule has 0 spiro atoms. The van der Waals surface area contributed by atoms with Crippen LogP contribution in [0.15, 0.2) is 0 Å². The van der Waals surface area contributed by atoms with E-state index >= 15 is 0 Å². The van der Waals surface area contributed by atoms with Gasteiger partial charge in [-0.1, -0.05) is 12.2 Å². The van der Waals surface area contributed by atoms with E-state index in [9.17, 15) is 0 Å². The molecule has 1 fully saturated rings. The van der Waals surface area contributed by atoms with E-state index in [0.29, 0.717) is 4.99 Å². The van der Waals surface area contributed by atoms with Gasteiger partial charge in [0.2, 0.25) is 0 Å². The summed E-state index contributed by atoms with van der Waals surface area (Å²) in [5, 5.41) is 0. The van der Waals surface area contributed by atoms with Crippen LogP contribution in [0.5, 0.6) is 0 Å². The van der Waals surface area contributed by atoms with Crippen molar-refractivity contribution in [1.82, 2.24) is 9.80 Å². The van der Waals surface area contributed by atoms with Crippen LogP contribution in [0.4, 0.5) is 0 Å². The summed E-state index contributed by atoms with van der Waals surface area (Å²) < 4.78 is 0. The molecule has 1 heterocycles. The average molecular weight is 201 g/mol. The lowest BCUT2D eigenvalue weighted by molar-refractivity contribution is 0.258. The Bertz CT molecular complexity index is 184. The first-order valence-electron chi connectivity index (χ1n) is 4.83. The lowest BCUT2D eigenvalue weighted by atomic mass is 10.2. The predicted molar refractivity (Wildman–Crippen MR) is 59.9 cm³/mol. The smallest absolute Gasteiger partial charge is 0.0899 e. The maximum atomic E-state index is 5.63. The zero-order chi connectivity index (χ0) is 9.84. The van der Waals surface area contributed by atoms with Gasteiger partial charge in [0.1, 0.15) is 0 Å². The summed E-state index contributed by atoms with van der Waals surface area (Å²) >= 11 is 5.00. The SMILES string of the molecule is CC(C(N)=S)N1CCCN(C)CC1. The van der Waals surface area contributed by atoms with Crippen molar-refractivity contribution in [1.29, 1.82) is 0 Å². The number of hydrogen-bond donors (Lipinski definition) is 1. The average Bonchev–Trinajstić information content (AvgIpc) is 2.28. The van der Waals surface area contributed by atoms with E-state index in [2.05, 4.69) is 23.8 Å². The third-order valence-electron chi connectivity index (χ3n) is 2.71. The summed E-state index contributed by atoms with van der Waals surface area (Å²) in [6, 6.07) is 0.251. The highest BCUT2D eigenvalue weighted by Gasteiger charge is 2.18. The molecule has 0 radical (unpaired) electrons. The monoisotopic (exact) mass is 201 g/mol.